The average Bonchev–Trinajstić information content (AvgIpc) is 2.20. The molecule has 1 rings (SSSR count). The third kappa shape index (κ3) is 3.16. The van der Waals surface area contributed by atoms with Crippen LogP contribution in [0.4, 0.5) is 0 Å². The fourth-order valence-electron chi connectivity index (χ4n) is 1.73. The summed E-state index contributed by atoms with van der Waals surface area (Å²) < 4.78 is 0.777. The van der Waals surface area contributed by atoms with Crippen molar-refractivity contribution in [2.24, 2.45) is 11.8 Å². The Balaban J connectivity index is 3.18. The van der Waals surface area contributed by atoms with Gasteiger partial charge in [-0.1, -0.05) is 35.8 Å². The van der Waals surface area contributed by atoms with Crippen molar-refractivity contribution in [3.05, 3.63) is 33.8 Å². The first kappa shape index (κ1) is 13.9. The Kier molecular flexibility index (Phi) is 4.46. The molecule has 1 aromatic rings. The summed E-state index contributed by atoms with van der Waals surface area (Å²) in [4.78, 5) is 23.3. The lowest BCUT2D eigenvalue weighted by atomic mass is 9.86. The largest absolute Gasteiger partial charge is 0.481 e. The van der Waals surface area contributed by atoms with E-state index >= 15 is 0 Å². The van der Waals surface area contributed by atoms with Gasteiger partial charge in [-0.15, -0.1) is 0 Å². The second-order valence-electron chi connectivity index (χ2n) is 4.38. The molecule has 0 aromatic heterocycles. The van der Waals surface area contributed by atoms with Crippen LogP contribution in [0.15, 0.2) is 22.7 Å². The standard InChI is InChI=1S/C13H15BrO3/c1-7(2)11(13(16)17)12(15)10-6-9(14)5-4-8(10)3/h4-7,11H,1-3H3,(H,16,17). The summed E-state index contributed by atoms with van der Waals surface area (Å²) in [5.74, 6) is -2.60. The number of hydrogen-bond acceptors (Lipinski definition) is 2. The third-order valence-corrected chi connectivity index (χ3v) is 3.17. The molecule has 1 N–H and O–H groups in total. The Bertz CT molecular complexity index is 452. The number of carbonyl (C=O) groups excluding carboxylic acids is 1. The Hall–Kier alpha value is -1.16. The van der Waals surface area contributed by atoms with Crippen molar-refractivity contribution in [2.45, 2.75) is 20.8 Å². The second kappa shape index (κ2) is 5.45. The van der Waals surface area contributed by atoms with Crippen LogP contribution < -0.4 is 0 Å². The van der Waals surface area contributed by atoms with E-state index in [9.17, 15) is 9.59 Å². The Labute approximate surface area is 109 Å². The number of carbonyl (C=O) groups is 2. The molecule has 0 spiro atoms. The van der Waals surface area contributed by atoms with E-state index in [2.05, 4.69) is 15.9 Å². The maximum Gasteiger partial charge on any atom is 0.314 e. The molecule has 1 atom stereocenters. The lowest BCUT2D eigenvalue weighted by Gasteiger charge is -2.16. The lowest BCUT2D eigenvalue weighted by molar-refractivity contribution is -0.141. The van der Waals surface area contributed by atoms with Gasteiger partial charge in [0.15, 0.2) is 5.78 Å². The molecular formula is C13H15BrO3. The van der Waals surface area contributed by atoms with Gasteiger partial charge in [-0.3, -0.25) is 9.59 Å². The number of hydrogen-bond donors (Lipinski definition) is 1. The molecule has 0 saturated carbocycles. The third-order valence-electron chi connectivity index (χ3n) is 2.68. The number of aliphatic carboxylic acids is 1. The zero-order valence-corrected chi connectivity index (χ0v) is 11.6. The van der Waals surface area contributed by atoms with Crippen molar-refractivity contribution in [3.8, 4) is 0 Å². The highest BCUT2D eigenvalue weighted by atomic mass is 79.9. The summed E-state index contributed by atoms with van der Waals surface area (Å²) in [6, 6.07) is 5.31. The zero-order chi connectivity index (χ0) is 13.2. The lowest BCUT2D eigenvalue weighted by Crippen LogP contribution is -2.29. The van der Waals surface area contributed by atoms with Crippen molar-refractivity contribution in [1.82, 2.24) is 0 Å². The summed E-state index contributed by atoms with van der Waals surface area (Å²) in [5.41, 5.74) is 1.27. The van der Waals surface area contributed by atoms with Gasteiger partial charge in [-0.2, -0.15) is 0 Å². The van der Waals surface area contributed by atoms with Crippen LogP contribution in [0.1, 0.15) is 29.8 Å². The second-order valence-corrected chi connectivity index (χ2v) is 5.30. The van der Waals surface area contributed by atoms with Crippen LogP contribution in [0.25, 0.3) is 0 Å². The summed E-state index contributed by atoms with van der Waals surface area (Å²) in [6.45, 7) is 5.28. The summed E-state index contributed by atoms with van der Waals surface area (Å²) in [5, 5.41) is 9.10. The fraction of sp³-hybridized carbons (Fsp3) is 0.385. The van der Waals surface area contributed by atoms with Crippen LogP contribution in [-0.4, -0.2) is 16.9 Å². The molecule has 92 valence electrons. The molecule has 0 radical (unpaired) electrons. The average molecular weight is 299 g/mol. The van der Waals surface area contributed by atoms with E-state index in [-0.39, 0.29) is 11.7 Å². The van der Waals surface area contributed by atoms with Crippen molar-refractivity contribution >= 4 is 27.7 Å². The van der Waals surface area contributed by atoms with E-state index in [1.54, 1.807) is 32.9 Å². The fourth-order valence-corrected chi connectivity index (χ4v) is 2.09. The molecular weight excluding hydrogens is 284 g/mol. The van der Waals surface area contributed by atoms with Gasteiger partial charge in [-0.05, 0) is 30.5 Å². The maximum atomic E-state index is 12.2. The number of carboxylic acids is 1. The molecule has 17 heavy (non-hydrogen) atoms. The first-order chi connectivity index (χ1) is 7.84. The molecule has 0 aliphatic carbocycles. The first-order valence-electron chi connectivity index (χ1n) is 5.37. The van der Waals surface area contributed by atoms with E-state index in [1.165, 1.54) is 0 Å². The van der Waals surface area contributed by atoms with Gasteiger partial charge in [0.2, 0.25) is 0 Å². The summed E-state index contributed by atoms with van der Waals surface area (Å²) in [6.07, 6.45) is 0. The number of benzene rings is 1. The van der Waals surface area contributed by atoms with Crippen molar-refractivity contribution in [1.29, 1.82) is 0 Å². The minimum atomic E-state index is -1.07. The minimum absolute atomic E-state index is 0.224. The van der Waals surface area contributed by atoms with Crippen molar-refractivity contribution in [2.75, 3.05) is 0 Å². The van der Waals surface area contributed by atoms with E-state index in [0.29, 0.717) is 5.56 Å². The van der Waals surface area contributed by atoms with Gasteiger partial charge >= 0.3 is 5.97 Å². The van der Waals surface area contributed by atoms with Crippen molar-refractivity contribution < 1.29 is 14.7 Å². The number of ketones is 1. The molecule has 0 aliphatic heterocycles. The highest BCUT2D eigenvalue weighted by Crippen LogP contribution is 2.23. The summed E-state index contributed by atoms with van der Waals surface area (Å²) >= 11 is 3.29. The normalized spacial score (nSPS) is 12.5. The van der Waals surface area contributed by atoms with Gasteiger partial charge in [0, 0.05) is 10.0 Å². The van der Waals surface area contributed by atoms with Crippen LogP contribution in [0, 0.1) is 18.8 Å². The molecule has 0 saturated heterocycles. The number of rotatable bonds is 4. The van der Waals surface area contributed by atoms with Gasteiger partial charge in [0.1, 0.15) is 5.92 Å². The quantitative estimate of drug-likeness (QED) is 0.685. The topological polar surface area (TPSA) is 54.4 Å². The van der Waals surface area contributed by atoms with Crippen LogP contribution in [0.2, 0.25) is 0 Å². The minimum Gasteiger partial charge on any atom is -0.481 e. The predicted molar refractivity (Wildman–Crippen MR) is 69.2 cm³/mol. The van der Waals surface area contributed by atoms with Crippen LogP contribution >= 0.6 is 15.9 Å². The Morgan fingerprint density at radius 1 is 1.29 bits per heavy atom. The number of aryl methyl sites for hydroxylation is 1. The number of carboxylic acid groups (broad SMARTS) is 1. The van der Waals surface area contributed by atoms with Crippen molar-refractivity contribution in [3.63, 3.8) is 0 Å². The van der Waals surface area contributed by atoms with E-state index < -0.39 is 11.9 Å². The highest BCUT2D eigenvalue weighted by molar-refractivity contribution is 9.10. The molecule has 0 heterocycles. The van der Waals surface area contributed by atoms with Gasteiger partial charge in [0.05, 0.1) is 0 Å². The monoisotopic (exact) mass is 298 g/mol. The molecule has 3 nitrogen and oxygen atoms in total. The van der Waals surface area contributed by atoms with Crippen LogP contribution in [-0.2, 0) is 4.79 Å². The number of Topliss-reactive ketones (excluding diaryl/α,β-unsaturated/α-hetero) is 1. The van der Waals surface area contributed by atoms with Gasteiger partial charge in [-0.25, -0.2) is 0 Å². The first-order valence-corrected chi connectivity index (χ1v) is 6.17. The zero-order valence-electron chi connectivity index (χ0n) is 10.0. The SMILES string of the molecule is Cc1ccc(Br)cc1C(=O)C(C(=O)O)C(C)C. The van der Waals surface area contributed by atoms with Gasteiger partial charge < -0.3 is 5.11 Å². The molecule has 4 heteroatoms. The Morgan fingerprint density at radius 3 is 2.35 bits per heavy atom. The molecule has 0 aliphatic rings. The van der Waals surface area contributed by atoms with E-state index in [4.69, 9.17) is 5.11 Å². The smallest absolute Gasteiger partial charge is 0.314 e. The maximum absolute atomic E-state index is 12.2. The highest BCUT2D eigenvalue weighted by Gasteiger charge is 2.31. The molecule has 0 amide bonds. The molecule has 0 bridgehead atoms. The molecule has 0 fully saturated rings. The molecule has 1 aromatic carbocycles. The van der Waals surface area contributed by atoms with E-state index in [1.807, 2.05) is 6.07 Å². The van der Waals surface area contributed by atoms with E-state index in [0.717, 1.165) is 10.0 Å². The molecule has 1 unspecified atom stereocenters. The van der Waals surface area contributed by atoms with Crippen LogP contribution in [0.5, 0.6) is 0 Å². The number of halogens is 1. The Morgan fingerprint density at radius 2 is 1.88 bits per heavy atom. The summed E-state index contributed by atoms with van der Waals surface area (Å²) in [7, 11) is 0. The van der Waals surface area contributed by atoms with Gasteiger partial charge in [0.25, 0.3) is 0 Å². The van der Waals surface area contributed by atoms with Crippen LogP contribution in [0.3, 0.4) is 0 Å². The predicted octanol–water partition coefficient (Wildman–Crippen LogP) is 3.30.